The predicted molar refractivity (Wildman–Crippen MR) is 121 cm³/mol. The SMILES string of the molecule is O=C(c1ccc2nnc(-c3ccc(Cl)cc3)n2c1)N1CCN(Cc2ccccc2)CC1. The second-order valence-electron chi connectivity index (χ2n) is 7.73. The summed E-state index contributed by atoms with van der Waals surface area (Å²) in [5.74, 6) is 0.728. The number of fused-ring (bicyclic) bond motifs is 1. The molecule has 0 atom stereocenters. The Morgan fingerprint density at radius 2 is 1.61 bits per heavy atom. The van der Waals surface area contributed by atoms with Crippen molar-refractivity contribution in [2.45, 2.75) is 6.54 Å². The van der Waals surface area contributed by atoms with Gasteiger partial charge in [-0.3, -0.25) is 14.1 Å². The third-order valence-corrected chi connectivity index (χ3v) is 5.91. The molecular formula is C24H22ClN5O. The number of pyridine rings is 1. The lowest BCUT2D eigenvalue weighted by Crippen LogP contribution is -2.48. The Labute approximate surface area is 185 Å². The van der Waals surface area contributed by atoms with Gasteiger partial charge in [-0.15, -0.1) is 10.2 Å². The first-order chi connectivity index (χ1) is 15.2. The van der Waals surface area contributed by atoms with E-state index in [1.807, 2.05) is 58.0 Å². The highest BCUT2D eigenvalue weighted by Gasteiger charge is 2.23. The van der Waals surface area contributed by atoms with Crippen molar-refractivity contribution in [2.75, 3.05) is 26.2 Å². The van der Waals surface area contributed by atoms with Crippen LogP contribution in [0, 0.1) is 0 Å². The fourth-order valence-electron chi connectivity index (χ4n) is 3.95. The van der Waals surface area contributed by atoms with Gasteiger partial charge in [0.25, 0.3) is 5.91 Å². The fraction of sp³-hybridized carbons (Fsp3) is 0.208. The third kappa shape index (κ3) is 4.17. The van der Waals surface area contributed by atoms with Crippen LogP contribution in [-0.4, -0.2) is 56.5 Å². The van der Waals surface area contributed by atoms with Crippen molar-refractivity contribution < 1.29 is 4.79 Å². The molecule has 2 aromatic heterocycles. The zero-order valence-electron chi connectivity index (χ0n) is 17.0. The number of aromatic nitrogens is 3. The summed E-state index contributed by atoms with van der Waals surface area (Å²) in [7, 11) is 0. The highest BCUT2D eigenvalue weighted by Crippen LogP contribution is 2.21. The molecule has 156 valence electrons. The van der Waals surface area contributed by atoms with Crippen LogP contribution in [0.1, 0.15) is 15.9 Å². The number of carbonyl (C=O) groups is 1. The van der Waals surface area contributed by atoms with Gasteiger partial charge >= 0.3 is 0 Å². The molecule has 5 rings (SSSR count). The monoisotopic (exact) mass is 431 g/mol. The summed E-state index contributed by atoms with van der Waals surface area (Å²) in [6, 6.07) is 21.6. The third-order valence-electron chi connectivity index (χ3n) is 5.66. The van der Waals surface area contributed by atoms with E-state index in [1.54, 1.807) is 0 Å². The first-order valence-corrected chi connectivity index (χ1v) is 10.7. The fourth-order valence-corrected chi connectivity index (χ4v) is 4.07. The molecule has 1 aliphatic heterocycles. The molecule has 0 saturated carbocycles. The van der Waals surface area contributed by atoms with Gasteiger partial charge in [0.1, 0.15) is 0 Å². The summed E-state index contributed by atoms with van der Waals surface area (Å²) in [4.78, 5) is 17.5. The highest BCUT2D eigenvalue weighted by atomic mass is 35.5. The summed E-state index contributed by atoms with van der Waals surface area (Å²) in [6.07, 6.45) is 1.83. The Morgan fingerprint density at radius 1 is 0.871 bits per heavy atom. The van der Waals surface area contributed by atoms with Gasteiger partial charge in [0.2, 0.25) is 0 Å². The summed E-state index contributed by atoms with van der Waals surface area (Å²) in [5.41, 5.74) is 3.54. The van der Waals surface area contributed by atoms with Crippen molar-refractivity contribution in [1.82, 2.24) is 24.4 Å². The molecule has 1 amide bonds. The van der Waals surface area contributed by atoms with Crippen molar-refractivity contribution in [2.24, 2.45) is 0 Å². The first-order valence-electron chi connectivity index (χ1n) is 10.3. The van der Waals surface area contributed by atoms with Crippen molar-refractivity contribution in [1.29, 1.82) is 0 Å². The molecule has 0 bridgehead atoms. The van der Waals surface area contributed by atoms with Crippen LogP contribution in [0.25, 0.3) is 17.0 Å². The molecule has 0 aliphatic carbocycles. The minimum absolute atomic E-state index is 0.0389. The molecule has 3 heterocycles. The molecule has 2 aromatic carbocycles. The van der Waals surface area contributed by atoms with Gasteiger partial charge in [0.05, 0.1) is 5.56 Å². The van der Waals surface area contributed by atoms with E-state index in [9.17, 15) is 4.79 Å². The summed E-state index contributed by atoms with van der Waals surface area (Å²) in [6.45, 7) is 4.09. The zero-order chi connectivity index (χ0) is 21.2. The molecule has 1 saturated heterocycles. The molecule has 6 nitrogen and oxygen atoms in total. The maximum absolute atomic E-state index is 13.2. The lowest BCUT2D eigenvalue weighted by Gasteiger charge is -2.34. The number of carbonyl (C=O) groups excluding carboxylic acids is 1. The number of nitrogens with zero attached hydrogens (tertiary/aromatic N) is 5. The summed E-state index contributed by atoms with van der Waals surface area (Å²) in [5, 5.41) is 9.19. The molecule has 1 fully saturated rings. The predicted octanol–water partition coefficient (Wildman–Crippen LogP) is 4.01. The van der Waals surface area contributed by atoms with Crippen molar-refractivity contribution in [3.05, 3.63) is 89.1 Å². The van der Waals surface area contributed by atoms with Crippen LogP contribution in [0.4, 0.5) is 0 Å². The Bertz CT molecular complexity index is 1200. The second kappa shape index (κ2) is 8.49. The van der Waals surface area contributed by atoms with Gasteiger partial charge < -0.3 is 4.90 Å². The van der Waals surface area contributed by atoms with Crippen LogP contribution in [0.2, 0.25) is 5.02 Å². The van der Waals surface area contributed by atoms with Crippen LogP contribution < -0.4 is 0 Å². The number of amides is 1. The van der Waals surface area contributed by atoms with E-state index in [0.29, 0.717) is 22.1 Å². The maximum atomic E-state index is 13.2. The Morgan fingerprint density at radius 3 is 2.35 bits per heavy atom. The van der Waals surface area contributed by atoms with Crippen LogP contribution in [-0.2, 0) is 6.54 Å². The molecule has 31 heavy (non-hydrogen) atoms. The van der Waals surface area contributed by atoms with E-state index in [4.69, 9.17) is 11.6 Å². The normalized spacial score (nSPS) is 14.8. The minimum Gasteiger partial charge on any atom is -0.336 e. The molecule has 0 radical (unpaired) electrons. The quantitative estimate of drug-likeness (QED) is 0.490. The van der Waals surface area contributed by atoms with E-state index in [-0.39, 0.29) is 5.91 Å². The Hall–Kier alpha value is -3.22. The van der Waals surface area contributed by atoms with Crippen molar-refractivity contribution in [3.8, 4) is 11.4 Å². The van der Waals surface area contributed by atoms with Gasteiger partial charge in [-0.05, 0) is 42.0 Å². The number of halogens is 1. The van der Waals surface area contributed by atoms with E-state index in [0.717, 1.165) is 38.3 Å². The zero-order valence-corrected chi connectivity index (χ0v) is 17.7. The van der Waals surface area contributed by atoms with E-state index < -0.39 is 0 Å². The largest absolute Gasteiger partial charge is 0.336 e. The van der Waals surface area contributed by atoms with Crippen LogP contribution in [0.15, 0.2) is 72.9 Å². The number of piperazine rings is 1. The average Bonchev–Trinajstić information content (AvgIpc) is 3.24. The first kappa shape index (κ1) is 19.7. The molecule has 0 N–H and O–H groups in total. The molecule has 1 aliphatic rings. The number of hydrogen-bond donors (Lipinski definition) is 0. The lowest BCUT2D eigenvalue weighted by molar-refractivity contribution is 0.0628. The van der Waals surface area contributed by atoms with Crippen molar-refractivity contribution in [3.63, 3.8) is 0 Å². The Kier molecular flexibility index (Phi) is 5.40. The van der Waals surface area contributed by atoms with Crippen LogP contribution in [0.3, 0.4) is 0 Å². The molecular weight excluding hydrogens is 410 g/mol. The van der Waals surface area contributed by atoms with Crippen LogP contribution in [0.5, 0.6) is 0 Å². The van der Waals surface area contributed by atoms with Gasteiger partial charge in [-0.2, -0.15) is 0 Å². The van der Waals surface area contributed by atoms with Gasteiger partial charge in [0.15, 0.2) is 11.5 Å². The number of rotatable bonds is 4. The van der Waals surface area contributed by atoms with Crippen molar-refractivity contribution >= 4 is 23.2 Å². The standard InChI is InChI=1S/C24H22ClN5O/c25-21-9-6-19(7-10-21)23-27-26-22-11-8-20(17-30(22)23)24(31)29-14-12-28(13-15-29)16-18-4-2-1-3-5-18/h1-11,17H,12-16H2. The molecule has 0 spiro atoms. The number of benzene rings is 2. The smallest absolute Gasteiger partial charge is 0.255 e. The summed E-state index contributed by atoms with van der Waals surface area (Å²) < 4.78 is 1.86. The highest BCUT2D eigenvalue weighted by molar-refractivity contribution is 6.30. The summed E-state index contributed by atoms with van der Waals surface area (Å²) >= 11 is 6.00. The van der Waals surface area contributed by atoms with Gasteiger partial charge in [0, 0.05) is 49.5 Å². The lowest BCUT2D eigenvalue weighted by atomic mass is 10.1. The van der Waals surface area contributed by atoms with E-state index in [2.05, 4.69) is 39.4 Å². The second-order valence-corrected chi connectivity index (χ2v) is 8.17. The van der Waals surface area contributed by atoms with Crippen LogP contribution >= 0.6 is 11.6 Å². The minimum atomic E-state index is 0.0389. The number of hydrogen-bond acceptors (Lipinski definition) is 4. The molecule has 4 aromatic rings. The maximum Gasteiger partial charge on any atom is 0.255 e. The topological polar surface area (TPSA) is 53.7 Å². The average molecular weight is 432 g/mol. The van der Waals surface area contributed by atoms with E-state index in [1.165, 1.54) is 5.56 Å². The van der Waals surface area contributed by atoms with Gasteiger partial charge in [-0.1, -0.05) is 41.9 Å². The Balaban J connectivity index is 1.31. The molecule has 7 heteroatoms. The van der Waals surface area contributed by atoms with E-state index >= 15 is 0 Å². The van der Waals surface area contributed by atoms with Gasteiger partial charge in [-0.25, -0.2) is 0 Å². The molecule has 0 unspecified atom stereocenters.